The van der Waals surface area contributed by atoms with Crippen LogP contribution in [0.2, 0.25) is 0 Å². The number of halogens is 3. The third-order valence-corrected chi connectivity index (χ3v) is 3.29. The maximum Gasteiger partial charge on any atom is 0.471 e. The van der Waals surface area contributed by atoms with Gasteiger partial charge in [-0.1, -0.05) is 22.4 Å². The number of nitrogens with one attached hydrogen (secondary N) is 1. The number of carbonyl (C=O) groups is 2. The maximum absolute atomic E-state index is 12.5. The molecule has 1 atom stereocenters. The van der Waals surface area contributed by atoms with E-state index in [-0.39, 0.29) is 23.5 Å². The van der Waals surface area contributed by atoms with Crippen LogP contribution >= 0.6 is 0 Å². The SMILES string of the molecule is CC(CNC(=O)c1ccc(-c2noc(C(F)(F)F)n2)cc1)=NO[C@H](C)C(=O)O. The number of hydrogen-bond acceptors (Lipinski definition) is 7. The molecule has 2 aromatic rings. The average Bonchev–Trinajstić information content (AvgIpc) is 3.14. The minimum Gasteiger partial charge on any atom is -0.478 e. The van der Waals surface area contributed by atoms with E-state index >= 15 is 0 Å². The zero-order valence-corrected chi connectivity index (χ0v) is 14.6. The molecule has 2 N–H and O–H groups in total. The van der Waals surface area contributed by atoms with Gasteiger partial charge >= 0.3 is 18.0 Å². The van der Waals surface area contributed by atoms with Gasteiger partial charge in [0.05, 0.1) is 12.3 Å². The van der Waals surface area contributed by atoms with Crippen LogP contribution < -0.4 is 5.32 Å². The van der Waals surface area contributed by atoms with Crippen LogP contribution in [-0.2, 0) is 15.8 Å². The number of alkyl halides is 3. The number of carboxylic acids is 1. The summed E-state index contributed by atoms with van der Waals surface area (Å²) >= 11 is 0. The number of rotatable bonds is 7. The van der Waals surface area contributed by atoms with E-state index in [2.05, 4.69) is 25.1 Å². The van der Waals surface area contributed by atoms with Gasteiger partial charge in [-0.3, -0.25) is 4.79 Å². The summed E-state index contributed by atoms with van der Waals surface area (Å²) in [4.78, 5) is 30.7. The highest BCUT2D eigenvalue weighted by molar-refractivity contribution is 5.97. The summed E-state index contributed by atoms with van der Waals surface area (Å²) in [5, 5.41) is 18.1. The number of aromatic nitrogens is 2. The normalized spacial score (nSPS) is 13.1. The minimum atomic E-state index is -4.74. The third kappa shape index (κ3) is 5.53. The molecule has 0 aliphatic rings. The van der Waals surface area contributed by atoms with Gasteiger partial charge in [0.25, 0.3) is 5.91 Å². The number of amides is 1. The van der Waals surface area contributed by atoms with Crippen molar-refractivity contribution in [1.29, 1.82) is 0 Å². The fourth-order valence-corrected chi connectivity index (χ4v) is 1.78. The second-order valence-electron chi connectivity index (χ2n) is 5.59. The van der Waals surface area contributed by atoms with Crippen LogP contribution in [0.25, 0.3) is 11.4 Å². The van der Waals surface area contributed by atoms with Crippen molar-refractivity contribution < 1.29 is 37.2 Å². The third-order valence-electron chi connectivity index (χ3n) is 3.29. The lowest BCUT2D eigenvalue weighted by molar-refractivity contribution is -0.159. The molecule has 0 unspecified atom stereocenters. The Hall–Kier alpha value is -3.44. The molecule has 0 spiro atoms. The van der Waals surface area contributed by atoms with E-state index in [1.54, 1.807) is 0 Å². The first kappa shape index (κ1) is 20.9. The first-order valence-corrected chi connectivity index (χ1v) is 7.79. The molecule has 0 saturated heterocycles. The van der Waals surface area contributed by atoms with E-state index in [9.17, 15) is 22.8 Å². The predicted molar refractivity (Wildman–Crippen MR) is 88.4 cm³/mol. The lowest BCUT2D eigenvalue weighted by Crippen LogP contribution is -2.29. The molecule has 0 aliphatic heterocycles. The molecule has 0 bridgehead atoms. The Balaban J connectivity index is 1.95. The van der Waals surface area contributed by atoms with Gasteiger partial charge in [-0.05, 0) is 26.0 Å². The Morgan fingerprint density at radius 2 is 1.96 bits per heavy atom. The van der Waals surface area contributed by atoms with Gasteiger partial charge in [0.1, 0.15) is 0 Å². The molecule has 1 amide bonds. The first-order chi connectivity index (χ1) is 13.1. The summed E-state index contributed by atoms with van der Waals surface area (Å²) in [6.07, 6.45) is -5.86. The van der Waals surface area contributed by atoms with Gasteiger partial charge in [-0.2, -0.15) is 18.2 Å². The number of benzene rings is 1. The Bertz CT molecular complexity index is 877. The molecule has 0 aliphatic carbocycles. The summed E-state index contributed by atoms with van der Waals surface area (Å²) in [7, 11) is 0. The fourth-order valence-electron chi connectivity index (χ4n) is 1.78. The van der Waals surface area contributed by atoms with Crippen LogP contribution in [0, 0.1) is 0 Å². The van der Waals surface area contributed by atoms with Crippen molar-refractivity contribution in [3.63, 3.8) is 0 Å². The summed E-state index contributed by atoms with van der Waals surface area (Å²) in [6, 6.07) is 5.50. The molecule has 1 heterocycles. The van der Waals surface area contributed by atoms with Crippen molar-refractivity contribution in [1.82, 2.24) is 15.5 Å². The predicted octanol–water partition coefficient (Wildman–Crippen LogP) is 2.35. The monoisotopic (exact) mass is 400 g/mol. The van der Waals surface area contributed by atoms with Gasteiger partial charge in [-0.25, -0.2) is 4.79 Å². The quantitative estimate of drug-likeness (QED) is 0.539. The zero-order chi connectivity index (χ0) is 20.9. The topological polar surface area (TPSA) is 127 Å². The number of carbonyl (C=O) groups excluding carboxylic acids is 1. The molecule has 0 saturated carbocycles. The second kappa shape index (κ2) is 8.50. The number of oxime groups is 1. The smallest absolute Gasteiger partial charge is 0.471 e. The lowest BCUT2D eigenvalue weighted by Gasteiger charge is -2.07. The summed E-state index contributed by atoms with van der Waals surface area (Å²) in [5.74, 6) is -3.37. The molecular weight excluding hydrogens is 385 g/mol. The van der Waals surface area contributed by atoms with Crippen LogP contribution in [0.15, 0.2) is 33.9 Å². The lowest BCUT2D eigenvalue weighted by atomic mass is 10.1. The number of aliphatic carboxylic acids is 1. The van der Waals surface area contributed by atoms with E-state index in [0.717, 1.165) is 0 Å². The molecule has 12 heteroatoms. The molecule has 1 aromatic heterocycles. The van der Waals surface area contributed by atoms with Gasteiger partial charge in [0, 0.05) is 11.1 Å². The Morgan fingerprint density at radius 3 is 2.50 bits per heavy atom. The number of carboxylic acid groups (broad SMARTS) is 1. The highest BCUT2D eigenvalue weighted by Crippen LogP contribution is 2.29. The van der Waals surface area contributed by atoms with Crippen molar-refractivity contribution in [2.45, 2.75) is 26.1 Å². The molecule has 2 rings (SSSR count). The van der Waals surface area contributed by atoms with Gasteiger partial charge in [0.15, 0.2) is 0 Å². The van der Waals surface area contributed by atoms with E-state index in [1.807, 2.05) is 0 Å². The van der Waals surface area contributed by atoms with E-state index in [1.165, 1.54) is 38.1 Å². The molecule has 28 heavy (non-hydrogen) atoms. The summed E-state index contributed by atoms with van der Waals surface area (Å²) in [6.45, 7) is 2.85. The van der Waals surface area contributed by atoms with E-state index in [4.69, 9.17) is 9.94 Å². The first-order valence-electron chi connectivity index (χ1n) is 7.79. The molecule has 150 valence electrons. The van der Waals surface area contributed by atoms with Gasteiger partial charge in [0.2, 0.25) is 11.9 Å². The van der Waals surface area contributed by atoms with Crippen LogP contribution in [0.5, 0.6) is 0 Å². The highest BCUT2D eigenvalue weighted by atomic mass is 19.4. The zero-order valence-electron chi connectivity index (χ0n) is 14.6. The molecule has 0 fully saturated rings. The molecule has 9 nitrogen and oxygen atoms in total. The Labute approximate surface area is 156 Å². The van der Waals surface area contributed by atoms with Crippen molar-refractivity contribution >= 4 is 17.6 Å². The van der Waals surface area contributed by atoms with E-state index in [0.29, 0.717) is 5.71 Å². The van der Waals surface area contributed by atoms with E-state index < -0.39 is 30.0 Å². The summed E-state index contributed by atoms with van der Waals surface area (Å²) < 4.78 is 41.6. The number of hydrogen-bond donors (Lipinski definition) is 2. The minimum absolute atomic E-state index is 0.00665. The summed E-state index contributed by atoms with van der Waals surface area (Å²) in [5.41, 5.74) is 0.810. The Kier molecular flexibility index (Phi) is 6.33. The highest BCUT2D eigenvalue weighted by Gasteiger charge is 2.38. The molecule has 0 radical (unpaired) electrons. The van der Waals surface area contributed by atoms with Gasteiger partial charge < -0.3 is 19.8 Å². The second-order valence-corrected chi connectivity index (χ2v) is 5.59. The van der Waals surface area contributed by atoms with Crippen molar-refractivity contribution in [3.05, 3.63) is 35.7 Å². The van der Waals surface area contributed by atoms with Crippen LogP contribution in [-0.4, -0.2) is 45.5 Å². The maximum atomic E-state index is 12.5. The van der Waals surface area contributed by atoms with Crippen molar-refractivity contribution in [2.75, 3.05) is 6.54 Å². The molecule has 1 aromatic carbocycles. The van der Waals surface area contributed by atoms with Gasteiger partial charge in [-0.15, -0.1) is 0 Å². The van der Waals surface area contributed by atoms with Crippen LogP contribution in [0.1, 0.15) is 30.1 Å². The Morgan fingerprint density at radius 1 is 1.32 bits per heavy atom. The molecular formula is C16H15F3N4O5. The van der Waals surface area contributed by atoms with Crippen LogP contribution in [0.4, 0.5) is 13.2 Å². The fraction of sp³-hybridized carbons (Fsp3) is 0.312. The largest absolute Gasteiger partial charge is 0.478 e. The van der Waals surface area contributed by atoms with Crippen molar-refractivity contribution in [3.8, 4) is 11.4 Å². The standard InChI is InChI=1S/C16H15F3N4O5/c1-8(22-27-9(2)14(25)26)7-20-13(24)11-5-3-10(4-6-11)12-21-15(28-23-12)16(17,18)19/h3-6,9H,7H2,1-2H3,(H,20,24)(H,25,26)/t9-/m1/s1. The number of nitrogens with zero attached hydrogens (tertiary/aromatic N) is 3. The van der Waals surface area contributed by atoms with Crippen LogP contribution in [0.3, 0.4) is 0 Å². The average molecular weight is 400 g/mol. The van der Waals surface area contributed by atoms with Crippen molar-refractivity contribution in [2.24, 2.45) is 5.16 Å².